The monoisotopic (exact) mass is 100 g/mol. The van der Waals surface area contributed by atoms with Crippen LogP contribution in [-0.4, -0.2) is 18.6 Å². The SMILES string of the molecule is [CH2-][NH+]1CC(C)(N)C1. The standard InChI is InChI=1S/C5H12N2/c1-5(6)3-7(2)4-5/h7H,2-4,6H2,1H3. The largest absolute Gasteiger partial charge is 0.464 e. The van der Waals surface area contributed by atoms with E-state index in [0.717, 1.165) is 13.1 Å². The lowest BCUT2D eigenvalue weighted by Gasteiger charge is -2.43. The molecule has 0 aliphatic carbocycles. The highest BCUT2D eigenvalue weighted by Crippen LogP contribution is 1.96. The topological polar surface area (TPSA) is 30.5 Å². The molecule has 0 radical (unpaired) electrons. The fourth-order valence-electron chi connectivity index (χ4n) is 1.09. The van der Waals surface area contributed by atoms with Crippen LogP contribution < -0.4 is 10.6 Å². The maximum absolute atomic E-state index is 5.65. The van der Waals surface area contributed by atoms with Crippen molar-refractivity contribution in [3.8, 4) is 0 Å². The first-order chi connectivity index (χ1) is 3.10. The Balaban J connectivity index is 2.29. The molecule has 0 spiro atoms. The van der Waals surface area contributed by atoms with Crippen LogP contribution in [0.5, 0.6) is 0 Å². The number of hydrogen-bond acceptors (Lipinski definition) is 1. The van der Waals surface area contributed by atoms with Gasteiger partial charge in [-0.15, -0.1) is 0 Å². The summed E-state index contributed by atoms with van der Waals surface area (Å²) >= 11 is 0. The van der Waals surface area contributed by atoms with E-state index in [1.54, 1.807) is 0 Å². The van der Waals surface area contributed by atoms with E-state index < -0.39 is 0 Å². The molecular weight excluding hydrogens is 88.1 g/mol. The summed E-state index contributed by atoms with van der Waals surface area (Å²) in [6.07, 6.45) is 0. The van der Waals surface area contributed by atoms with Crippen LogP contribution in [0, 0.1) is 7.05 Å². The van der Waals surface area contributed by atoms with E-state index in [-0.39, 0.29) is 5.54 Å². The lowest BCUT2D eigenvalue weighted by molar-refractivity contribution is -0.907. The zero-order valence-corrected chi connectivity index (χ0v) is 4.70. The summed E-state index contributed by atoms with van der Waals surface area (Å²) in [7, 11) is 3.78. The second kappa shape index (κ2) is 1.20. The smallest absolute Gasteiger partial charge is 0.108 e. The van der Waals surface area contributed by atoms with Gasteiger partial charge in [0, 0.05) is 0 Å². The predicted octanol–water partition coefficient (Wildman–Crippen LogP) is -1.61. The maximum Gasteiger partial charge on any atom is 0.108 e. The normalized spacial score (nSPS) is 51.0. The molecule has 0 bridgehead atoms. The molecule has 1 aliphatic heterocycles. The van der Waals surface area contributed by atoms with Crippen molar-refractivity contribution in [1.82, 2.24) is 0 Å². The first-order valence-electron chi connectivity index (χ1n) is 2.56. The first kappa shape index (κ1) is 5.06. The van der Waals surface area contributed by atoms with E-state index in [9.17, 15) is 0 Å². The van der Waals surface area contributed by atoms with Gasteiger partial charge in [-0.25, -0.2) is 0 Å². The van der Waals surface area contributed by atoms with Gasteiger partial charge in [0.25, 0.3) is 0 Å². The maximum atomic E-state index is 5.65. The highest BCUT2D eigenvalue weighted by Gasteiger charge is 2.33. The average Bonchev–Trinajstić information content (AvgIpc) is 1.27. The van der Waals surface area contributed by atoms with Crippen molar-refractivity contribution in [2.24, 2.45) is 5.73 Å². The Morgan fingerprint density at radius 2 is 2.14 bits per heavy atom. The quantitative estimate of drug-likeness (QED) is 0.353. The van der Waals surface area contributed by atoms with Gasteiger partial charge >= 0.3 is 0 Å². The molecule has 2 heteroatoms. The molecule has 2 nitrogen and oxygen atoms in total. The van der Waals surface area contributed by atoms with Crippen molar-refractivity contribution >= 4 is 0 Å². The second-order valence-corrected chi connectivity index (χ2v) is 2.76. The van der Waals surface area contributed by atoms with E-state index in [0.29, 0.717) is 0 Å². The van der Waals surface area contributed by atoms with Gasteiger partial charge in [-0.3, -0.25) is 0 Å². The van der Waals surface area contributed by atoms with Gasteiger partial charge in [-0.1, -0.05) is 0 Å². The predicted molar refractivity (Wildman–Crippen MR) is 28.6 cm³/mol. The molecule has 0 aromatic carbocycles. The molecule has 1 saturated heterocycles. The third-order valence-electron chi connectivity index (χ3n) is 1.31. The van der Waals surface area contributed by atoms with Crippen LogP contribution in [0.1, 0.15) is 6.92 Å². The summed E-state index contributed by atoms with van der Waals surface area (Å²) in [6, 6.07) is 0. The summed E-state index contributed by atoms with van der Waals surface area (Å²) in [5.41, 5.74) is 5.75. The number of rotatable bonds is 0. The number of hydrogen-bond donors (Lipinski definition) is 2. The molecule has 1 rings (SSSR count). The average molecular weight is 100 g/mol. The molecule has 3 N–H and O–H groups in total. The molecular formula is C5H12N2. The van der Waals surface area contributed by atoms with Gasteiger partial charge in [0.2, 0.25) is 0 Å². The van der Waals surface area contributed by atoms with Crippen LogP contribution in [0.25, 0.3) is 0 Å². The molecule has 1 fully saturated rings. The van der Waals surface area contributed by atoms with E-state index in [2.05, 4.69) is 14.0 Å². The zero-order chi connectivity index (χ0) is 5.49. The van der Waals surface area contributed by atoms with Gasteiger partial charge in [0.15, 0.2) is 0 Å². The molecule has 1 heterocycles. The fraction of sp³-hybridized carbons (Fsp3) is 0.800. The number of likely N-dealkylation sites (tertiary alicyclic amines) is 1. The first-order valence-corrected chi connectivity index (χ1v) is 2.56. The Labute approximate surface area is 44.3 Å². The number of nitrogens with two attached hydrogens (primary N) is 1. The van der Waals surface area contributed by atoms with Crippen molar-refractivity contribution in [2.45, 2.75) is 12.5 Å². The molecule has 0 amide bonds. The molecule has 42 valence electrons. The summed E-state index contributed by atoms with van der Waals surface area (Å²) in [5.74, 6) is 0. The Kier molecular flexibility index (Phi) is 0.869. The van der Waals surface area contributed by atoms with Gasteiger partial charge in [0.1, 0.15) is 5.54 Å². The highest BCUT2D eigenvalue weighted by molar-refractivity contribution is 4.82. The van der Waals surface area contributed by atoms with Gasteiger partial charge in [-0.2, -0.15) is 7.05 Å². The third kappa shape index (κ3) is 0.924. The lowest BCUT2D eigenvalue weighted by atomic mass is 9.95. The van der Waals surface area contributed by atoms with Crippen LogP contribution in [0.2, 0.25) is 0 Å². The van der Waals surface area contributed by atoms with Crippen LogP contribution in [0.15, 0.2) is 0 Å². The summed E-state index contributed by atoms with van der Waals surface area (Å²) in [5, 5.41) is 0. The molecule has 0 atom stereocenters. The van der Waals surface area contributed by atoms with Crippen LogP contribution in [0.3, 0.4) is 0 Å². The van der Waals surface area contributed by atoms with Crippen LogP contribution in [0.4, 0.5) is 0 Å². The Hall–Kier alpha value is -0.0800. The van der Waals surface area contributed by atoms with E-state index >= 15 is 0 Å². The molecule has 0 aromatic rings. The minimum Gasteiger partial charge on any atom is -0.464 e. The van der Waals surface area contributed by atoms with Gasteiger partial charge < -0.3 is 10.6 Å². The summed E-state index contributed by atoms with van der Waals surface area (Å²) in [6.45, 7) is 4.10. The Morgan fingerprint density at radius 1 is 1.71 bits per heavy atom. The van der Waals surface area contributed by atoms with Crippen molar-refractivity contribution < 1.29 is 4.90 Å². The zero-order valence-electron chi connectivity index (χ0n) is 4.70. The second-order valence-electron chi connectivity index (χ2n) is 2.76. The molecule has 0 saturated carbocycles. The van der Waals surface area contributed by atoms with Crippen LogP contribution in [-0.2, 0) is 0 Å². The Morgan fingerprint density at radius 3 is 2.14 bits per heavy atom. The van der Waals surface area contributed by atoms with E-state index in [1.165, 1.54) is 4.90 Å². The van der Waals surface area contributed by atoms with Gasteiger partial charge in [-0.05, 0) is 6.92 Å². The number of quaternary nitrogens is 1. The fourth-order valence-corrected chi connectivity index (χ4v) is 1.09. The summed E-state index contributed by atoms with van der Waals surface area (Å²) in [4.78, 5) is 1.30. The lowest BCUT2D eigenvalue weighted by Crippen LogP contribution is -3.20. The van der Waals surface area contributed by atoms with Gasteiger partial charge in [0.05, 0.1) is 13.1 Å². The molecule has 0 unspecified atom stereocenters. The van der Waals surface area contributed by atoms with E-state index in [4.69, 9.17) is 5.73 Å². The Bertz CT molecular complexity index is 70.1. The third-order valence-corrected chi connectivity index (χ3v) is 1.31. The molecule has 7 heavy (non-hydrogen) atoms. The minimum atomic E-state index is 0.0943. The van der Waals surface area contributed by atoms with Crippen molar-refractivity contribution in [1.29, 1.82) is 0 Å². The van der Waals surface area contributed by atoms with Crippen LogP contribution >= 0.6 is 0 Å². The van der Waals surface area contributed by atoms with E-state index in [1.807, 2.05) is 0 Å². The van der Waals surface area contributed by atoms with Crippen molar-refractivity contribution in [3.63, 3.8) is 0 Å². The molecule has 1 aliphatic rings. The number of nitrogens with one attached hydrogen (secondary N) is 1. The minimum absolute atomic E-state index is 0.0943. The summed E-state index contributed by atoms with van der Waals surface area (Å²) < 4.78 is 0. The van der Waals surface area contributed by atoms with Crippen molar-refractivity contribution in [2.75, 3.05) is 13.1 Å². The molecule has 0 aromatic heterocycles. The van der Waals surface area contributed by atoms with Crippen molar-refractivity contribution in [3.05, 3.63) is 7.05 Å². The highest BCUT2D eigenvalue weighted by atomic mass is 15.2.